The van der Waals surface area contributed by atoms with Gasteiger partial charge in [0.2, 0.25) is 5.91 Å². The molecule has 12 heavy (non-hydrogen) atoms. The first-order chi connectivity index (χ1) is 5.75. The maximum absolute atomic E-state index is 11.2. The van der Waals surface area contributed by atoms with E-state index in [0.717, 1.165) is 19.4 Å². The normalized spacial score (nSPS) is 41.8. The second kappa shape index (κ2) is 2.71. The number of nitrogens with two attached hydrogens (primary N) is 1. The lowest BCUT2D eigenvalue weighted by atomic mass is 9.78. The lowest BCUT2D eigenvalue weighted by Crippen LogP contribution is -2.47. The van der Waals surface area contributed by atoms with E-state index in [4.69, 9.17) is 10.5 Å². The topological polar surface area (TPSA) is 64.4 Å². The highest BCUT2D eigenvalue weighted by Crippen LogP contribution is 2.33. The Bertz CT molecular complexity index is 199. The summed E-state index contributed by atoms with van der Waals surface area (Å²) < 4.78 is 5.35. The Hall–Kier alpha value is -0.610. The molecule has 2 heterocycles. The number of hydrogen-bond acceptors (Lipinski definition) is 3. The molecule has 2 fully saturated rings. The van der Waals surface area contributed by atoms with Gasteiger partial charge in [-0.3, -0.25) is 4.79 Å². The molecule has 2 aliphatic heterocycles. The monoisotopic (exact) mass is 170 g/mol. The zero-order valence-corrected chi connectivity index (χ0v) is 7.01. The average molecular weight is 170 g/mol. The number of amides is 1. The fourth-order valence-corrected chi connectivity index (χ4v) is 2.02. The van der Waals surface area contributed by atoms with Crippen molar-refractivity contribution >= 4 is 5.91 Å². The molecule has 1 amide bonds. The van der Waals surface area contributed by atoms with Crippen molar-refractivity contribution in [3.63, 3.8) is 0 Å². The second-order valence-corrected chi connectivity index (χ2v) is 3.71. The van der Waals surface area contributed by atoms with Gasteiger partial charge in [0, 0.05) is 18.6 Å². The first kappa shape index (κ1) is 8.01. The number of rotatable bonds is 0. The quantitative estimate of drug-likeness (QED) is 0.502. The summed E-state index contributed by atoms with van der Waals surface area (Å²) in [6.45, 7) is 2.13. The van der Waals surface area contributed by atoms with Gasteiger partial charge in [-0.2, -0.15) is 0 Å². The van der Waals surface area contributed by atoms with Gasteiger partial charge < -0.3 is 15.8 Å². The lowest BCUT2D eigenvalue weighted by molar-refractivity contribution is -0.122. The molecule has 0 aliphatic carbocycles. The summed E-state index contributed by atoms with van der Waals surface area (Å²) in [6, 6.07) is -0.363. The highest BCUT2D eigenvalue weighted by Gasteiger charge is 2.47. The third-order valence-electron chi connectivity index (χ3n) is 2.91. The van der Waals surface area contributed by atoms with Crippen molar-refractivity contribution in [1.29, 1.82) is 0 Å². The molecule has 4 heteroatoms. The zero-order chi connectivity index (χ0) is 8.60. The van der Waals surface area contributed by atoms with Crippen LogP contribution in [0.2, 0.25) is 0 Å². The van der Waals surface area contributed by atoms with Crippen LogP contribution in [0.15, 0.2) is 0 Å². The predicted octanol–water partition coefficient (Wildman–Crippen LogP) is -0.760. The van der Waals surface area contributed by atoms with Crippen LogP contribution in [0.1, 0.15) is 12.8 Å². The van der Waals surface area contributed by atoms with Crippen molar-refractivity contribution in [2.45, 2.75) is 18.9 Å². The fraction of sp³-hybridized carbons (Fsp3) is 0.875. The van der Waals surface area contributed by atoms with Crippen LogP contribution in [0.3, 0.4) is 0 Å². The minimum absolute atomic E-state index is 0.0273. The summed E-state index contributed by atoms with van der Waals surface area (Å²) in [7, 11) is 0. The van der Waals surface area contributed by atoms with E-state index in [0.29, 0.717) is 13.2 Å². The molecule has 2 aliphatic rings. The first-order valence-electron chi connectivity index (χ1n) is 4.36. The van der Waals surface area contributed by atoms with E-state index in [1.807, 2.05) is 0 Å². The molecule has 1 spiro atoms. The number of ether oxygens (including phenoxy) is 1. The van der Waals surface area contributed by atoms with Gasteiger partial charge in [-0.25, -0.2) is 0 Å². The maximum atomic E-state index is 11.2. The van der Waals surface area contributed by atoms with E-state index < -0.39 is 0 Å². The number of hydrogen-bond donors (Lipinski definition) is 2. The van der Waals surface area contributed by atoms with Gasteiger partial charge in [-0.1, -0.05) is 0 Å². The molecule has 2 unspecified atom stereocenters. The summed E-state index contributed by atoms with van der Waals surface area (Å²) in [4.78, 5) is 11.2. The molecule has 0 aromatic heterocycles. The van der Waals surface area contributed by atoms with Crippen LogP contribution in [-0.4, -0.2) is 31.7 Å². The van der Waals surface area contributed by atoms with Crippen molar-refractivity contribution in [2.75, 3.05) is 19.8 Å². The standard InChI is InChI=1S/C8H14N2O2/c9-6-7(11)10-4-8(6)2-1-3-12-5-8/h6H,1-5,9H2,(H,10,11). The van der Waals surface area contributed by atoms with Crippen LogP contribution >= 0.6 is 0 Å². The van der Waals surface area contributed by atoms with Crippen LogP contribution in [0.5, 0.6) is 0 Å². The van der Waals surface area contributed by atoms with Gasteiger partial charge in [0.25, 0.3) is 0 Å². The van der Waals surface area contributed by atoms with E-state index >= 15 is 0 Å². The molecular weight excluding hydrogens is 156 g/mol. The van der Waals surface area contributed by atoms with Gasteiger partial charge in [0.1, 0.15) is 0 Å². The van der Waals surface area contributed by atoms with Crippen molar-refractivity contribution < 1.29 is 9.53 Å². The highest BCUT2D eigenvalue weighted by atomic mass is 16.5. The van der Waals surface area contributed by atoms with Gasteiger partial charge in [-0.15, -0.1) is 0 Å². The van der Waals surface area contributed by atoms with Gasteiger partial charge >= 0.3 is 0 Å². The molecule has 0 aromatic rings. The molecule has 68 valence electrons. The van der Waals surface area contributed by atoms with E-state index in [-0.39, 0.29) is 17.4 Å². The summed E-state index contributed by atoms with van der Waals surface area (Å²) in [6.07, 6.45) is 2.02. The largest absolute Gasteiger partial charge is 0.381 e. The Kier molecular flexibility index (Phi) is 1.81. The van der Waals surface area contributed by atoms with Crippen molar-refractivity contribution in [2.24, 2.45) is 11.1 Å². The summed E-state index contributed by atoms with van der Waals surface area (Å²) in [5, 5.41) is 2.79. The molecular formula is C8H14N2O2. The molecule has 2 rings (SSSR count). The van der Waals surface area contributed by atoms with E-state index in [1.165, 1.54) is 0 Å². The molecule has 0 bridgehead atoms. The Morgan fingerprint density at radius 3 is 3.00 bits per heavy atom. The summed E-state index contributed by atoms with van der Waals surface area (Å²) >= 11 is 0. The van der Waals surface area contributed by atoms with Crippen LogP contribution in [-0.2, 0) is 9.53 Å². The second-order valence-electron chi connectivity index (χ2n) is 3.71. The van der Waals surface area contributed by atoms with Crippen LogP contribution < -0.4 is 11.1 Å². The van der Waals surface area contributed by atoms with Crippen molar-refractivity contribution in [3.05, 3.63) is 0 Å². The number of carbonyl (C=O) groups is 1. The first-order valence-corrected chi connectivity index (χ1v) is 4.36. The van der Waals surface area contributed by atoms with Gasteiger partial charge in [0.15, 0.2) is 0 Å². The minimum Gasteiger partial charge on any atom is -0.381 e. The van der Waals surface area contributed by atoms with Gasteiger partial charge in [-0.05, 0) is 12.8 Å². The summed E-state index contributed by atoms with van der Waals surface area (Å²) in [5.41, 5.74) is 5.69. The Labute approximate surface area is 71.4 Å². The molecule has 2 saturated heterocycles. The Morgan fingerprint density at radius 2 is 2.50 bits per heavy atom. The SMILES string of the molecule is NC1C(=O)NCC12CCCOC2. The summed E-state index contributed by atoms with van der Waals surface area (Å²) in [5.74, 6) is -0.0273. The number of carbonyl (C=O) groups excluding carboxylic acids is 1. The van der Waals surface area contributed by atoms with E-state index in [9.17, 15) is 4.79 Å². The van der Waals surface area contributed by atoms with E-state index in [1.54, 1.807) is 0 Å². The highest BCUT2D eigenvalue weighted by molar-refractivity contribution is 5.85. The van der Waals surface area contributed by atoms with E-state index in [2.05, 4.69) is 5.32 Å². The Morgan fingerprint density at radius 1 is 1.67 bits per heavy atom. The predicted molar refractivity (Wildman–Crippen MR) is 43.5 cm³/mol. The molecule has 2 atom stereocenters. The third-order valence-corrected chi connectivity index (χ3v) is 2.91. The smallest absolute Gasteiger partial charge is 0.237 e. The lowest BCUT2D eigenvalue weighted by Gasteiger charge is -2.34. The molecule has 0 aromatic carbocycles. The molecule has 0 saturated carbocycles. The third kappa shape index (κ3) is 1.03. The molecule has 3 N–H and O–H groups in total. The minimum atomic E-state index is -0.363. The van der Waals surface area contributed by atoms with Gasteiger partial charge in [0.05, 0.1) is 12.6 Å². The van der Waals surface area contributed by atoms with Crippen LogP contribution in [0.4, 0.5) is 0 Å². The fourth-order valence-electron chi connectivity index (χ4n) is 2.02. The molecule has 0 radical (unpaired) electrons. The molecule has 4 nitrogen and oxygen atoms in total. The van der Waals surface area contributed by atoms with Crippen molar-refractivity contribution in [1.82, 2.24) is 5.32 Å². The number of nitrogens with one attached hydrogen (secondary N) is 1. The van der Waals surface area contributed by atoms with Crippen molar-refractivity contribution in [3.8, 4) is 0 Å². The van der Waals surface area contributed by atoms with Crippen LogP contribution in [0.25, 0.3) is 0 Å². The Balaban J connectivity index is 2.14. The average Bonchev–Trinajstić information content (AvgIpc) is 2.37. The maximum Gasteiger partial charge on any atom is 0.237 e. The zero-order valence-electron chi connectivity index (χ0n) is 7.01. The van der Waals surface area contributed by atoms with Crippen LogP contribution in [0, 0.1) is 5.41 Å².